The molecule has 0 radical (unpaired) electrons. The van der Waals surface area contributed by atoms with Crippen LogP contribution in [0, 0.1) is 17.2 Å². The molecule has 0 aromatic heterocycles. The highest BCUT2D eigenvalue weighted by Crippen LogP contribution is 2.26. The third kappa shape index (κ3) is 1.94. The zero-order valence-electron chi connectivity index (χ0n) is 8.11. The van der Waals surface area contributed by atoms with Crippen LogP contribution in [0.2, 0.25) is 0 Å². The number of nitrogens with one attached hydrogen (secondary N) is 1. The SMILES string of the molecule is N#C[C@@H]1CCN[C@H](c2ccccc2)C1. The Bertz CT molecular complexity index is 326. The molecule has 1 heterocycles. The summed E-state index contributed by atoms with van der Waals surface area (Å²) >= 11 is 0. The molecular formula is C12H14N2. The second-order valence-corrected chi connectivity index (χ2v) is 3.77. The third-order valence-corrected chi connectivity index (χ3v) is 2.79. The summed E-state index contributed by atoms with van der Waals surface area (Å²) in [5.74, 6) is 0.224. The molecule has 0 bridgehead atoms. The molecule has 1 N–H and O–H groups in total. The van der Waals surface area contributed by atoms with E-state index in [1.165, 1.54) is 5.56 Å². The minimum atomic E-state index is 0.224. The van der Waals surface area contributed by atoms with Gasteiger partial charge in [-0.1, -0.05) is 30.3 Å². The number of rotatable bonds is 1. The van der Waals surface area contributed by atoms with Crippen molar-refractivity contribution < 1.29 is 0 Å². The molecule has 2 atom stereocenters. The van der Waals surface area contributed by atoms with Crippen molar-refractivity contribution in [3.8, 4) is 6.07 Å². The molecule has 14 heavy (non-hydrogen) atoms. The second kappa shape index (κ2) is 4.26. The van der Waals surface area contributed by atoms with Crippen molar-refractivity contribution in [1.82, 2.24) is 5.32 Å². The zero-order valence-corrected chi connectivity index (χ0v) is 8.11. The highest BCUT2D eigenvalue weighted by molar-refractivity contribution is 5.19. The fraction of sp³-hybridized carbons (Fsp3) is 0.417. The second-order valence-electron chi connectivity index (χ2n) is 3.77. The Morgan fingerprint density at radius 3 is 2.79 bits per heavy atom. The average Bonchev–Trinajstić information content (AvgIpc) is 2.30. The first kappa shape index (κ1) is 9.23. The molecule has 2 rings (SSSR count). The normalized spacial score (nSPS) is 26.8. The Labute approximate surface area is 84.6 Å². The summed E-state index contributed by atoms with van der Waals surface area (Å²) in [6.07, 6.45) is 1.93. The van der Waals surface area contributed by atoms with Gasteiger partial charge in [0, 0.05) is 12.0 Å². The minimum Gasteiger partial charge on any atom is -0.310 e. The van der Waals surface area contributed by atoms with Crippen LogP contribution in [0.25, 0.3) is 0 Å². The van der Waals surface area contributed by atoms with E-state index >= 15 is 0 Å². The van der Waals surface area contributed by atoms with Crippen LogP contribution >= 0.6 is 0 Å². The molecule has 1 aliphatic rings. The lowest BCUT2D eigenvalue weighted by Crippen LogP contribution is -2.31. The summed E-state index contributed by atoms with van der Waals surface area (Å²) in [6.45, 7) is 0.956. The van der Waals surface area contributed by atoms with Gasteiger partial charge in [0.05, 0.1) is 6.07 Å². The molecule has 1 saturated heterocycles. The van der Waals surface area contributed by atoms with E-state index in [2.05, 4.69) is 23.5 Å². The number of benzene rings is 1. The van der Waals surface area contributed by atoms with Crippen molar-refractivity contribution in [3.63, 3.8) is 0 Å². The summed E-state index contributed by atoms with van der Waals surface area (Å²) in [5, 5.41) is 12.3. The number of hydrogen-bond donors (Lipinski definition) is 1. The summed E-state index contributed by atoms with van der Waals surface area (Å²) in [4.78, 5) is 0. The van der Waals surface area contributed by atoms with Gasteiger partial charge in [0.15, 0.2) is 0 Å². The van der Waals surface area contributed by atoms with E-state index in [4.69, 9.17) is 5.26 Å². The lowest BCUT2D eigenvalue weighted by Gasteiger charge is -2.26. The maximum atomic E-state index is 8.88. The van der Waals surface area contributed by atoms with Gasteiger partial charge in [-0.05, 0) is 24.9 Å². The van der Waals surface area contributed by atoms with Gasteiger partial charge >= 0.3 is 0 Å². The predicted octanol–water partition coefficient (Wildman–Crippen LogP) is 2.25. The fourth-order valence-electron chi connectivity index (χ4n) is 1.97. The highest BCUT2D eigenvalue weighted by Gasteiger charge is 2.21. The maximum absolute atomic E-state index is 8.88. The standard InChI is InChI=1S/C12H14N2/c13-9-10-6-7-14-12(8-10)11-4-2-1-3-5-11/h1-5,10,12,14H,6-8H2/t10-,12+/m1/s1. The number of nitriles is 1. The lowest BCUT2D eigenvalue weighted by molar-refractivity contribution is 0.356. The molecule has 0 unspecified atom stereocenters. The molecule has 0 aliphatic carbocycles. The van der Waals surface area contributed by atoms with Gasteiger partial charge in [-0.15, -0.1) is 0 Å². The van der Waals surface area contributed by atoms with E-state index in [0.717, 1.165) is 19.4 Å². The Balaban J connectivity index is 2.09. The Morgan fingerprint density at radius 1 is 1.29 bits per heavy atom. The van der Waals surface area contributed by atoms with Gasteiger partial charge in [-0.25, -0.2) is 0 Å². The molecular weight excluding hydrogens is 172 g/mol. The van der Waals surface area contributed by atoms with Gasteiger partial charge in [-0.2, -0.15) is 5.26 Å². The summed E-state index contributed by atoms with van der Waals surface area (Å²) in [6, 6.07) is 13.1. The van der Waals surface area contributed by atoms with E-state index in [-0.39, 0.29) is 5.92 Å². The predicted molar refractivity (Wildman–Crippen MR) is 55.5 cm³/mol. The van der Waals surface area contributed by atoms with Gasteiger partial charge in [0.25, 0.3) is 0 Å². The lowest BCUT2D eigenvalue weighted by atomic mass is 9.90. The first-order valence-corrected chi connectivity index (χ1v) is 5.08. The smallest absolute Gasteiger partial charge is 0.0657 e. The molecule has 1 aromatic rings. The van der Waals surface area contributed by atoms with Crippen molar-refractivity contribution >= 4 is 0 Å². The Kier molecular flexibility index (Phi) is 2.81. The van der Waals surface area contributed by atoms with Crippen LogP contribution in [-0.2, 0) is 0 Å². The van der Waals surface area contributed by atoms with E-state index in [0.29, 0.717) is 6.04 Å². The first-order chi connectivity index (χ1) is 6.90. The summed E-state index contributed by atoms with van der Waals surface area (Å²) < 4.78 is 0. The number of hydrogen-bond acceptors (Lipinski definition) is 2. The van der Waals surface area contributed by atoms with Gasteiger partial charge in [-0.3, -0.25) is 0 Å². The monoisotopic (exact) mass is 186 g/mol. The summed E-state index contributed by atoms with van der Waals surface area (Å²) in [7, 11) is 0. The van der Waals surface area contributed by atoms with Crippen LogP contribution in [0.1, 0.15) is 24.4 Å². The van der Waals surface area contributed by atoms with Crippen molar-refractivity contribution in [1.29, 1.82) is 5.26 Å². The minimum absolute atomic E-state index is 0.224. The fourth-order valence-corrected chi connectivity index (χ4v) is 1.97. The van der Waals surface area contributed by atoms with Gasteiger partial charge < -0.3 is 5.32 Å². The van der Waals surface area contributed by atoms with Crippen LogP contribution < -0.4 is 5.32 Å². The molecule has 1 aliphatic heterocycles. The largest absolute Gasteiger partial charge is 0.310 e. The quantitative estimate of drug-likeness (QED) is 0.730. The number of nitrogens with zero attached hydrogens (tertiary/aromatic N) is 1. The van der Waals surface area contributed by atoms with E-state index < -0.39 is 0 Å². The van der Waals surface area contributed by atoms with Crippen LogP contribution in [0.4, 0.5) is 0 Å². The molecule has 2 heteroatoms. The molecule has 0 spiro atoms. The zero-order chi connectivity index (χ0) is 9.80. The molecule has 72 valence electrons. The number of piperidine rings is 1. The van der Waals surface area contributed by atoms with Crippen molar-refractivity contribution in [2.45, 2.75) is 18.9 Å². The van der Waals surface area contributed by atoms with E-state index in [1.54, 1.807) is 0 Å². The molecule has 2 nitrogen and oxygen atoms in total. The topological polar surface area (TPSA) is 35.8 Å². The van der Waals surface area contributed by atoms with Crippen LogP contribution in [0.5, 0.6) is 0 Å². The Morgan fingerprint density at radius 2 is 2.07 bits per heavy atom. The van der Waals surface area contributed by atoms with Crippen molar-refractivity contribution in [2.75, 3.05) is 6.54 Å². The Hall–Kier alpha value is -1.33. The first-order valence-electron chi connectivity index (χ1n) is 5.08. The third-order valence-electron chi connectivity index (χ3n) is 2.79. The van der Waals surface area contributed by atoms with Gasteiger partial charge in [0.1, 0.15) is 0 Å². The van der Waals surface area contributed by atoms with Crippen molar-refractivity contribution in [3.05, 3.63) is 35.9 Å². The summed E-state index contributed by atoms with van der Waals surface area (Å²) in [5.41, 5.74) is 1.30. The molecule has 0 amide bonds. The molecule has 0 saturated carbocycles. The van der Waals surface area contributed by atoms with E-state index in [9.17, 15) is 0 Å². The average molecular weight is 186 g/mol. The van der Waals surface area contributed by atoms with E-state index in [1.807, 2.05) is 18.2 Å². The molecule has 1 aromatic carbocycles. The highest BCUT2D eigenvalue weighted by atomic mass is 14.9. The van der Waals surface area contributed by atoms with Crippen LogP contribution in [0.3, 0.4) is 0 Å². The van der Waals surface area contributed by atoms with Gasteiger partial charge in [0.2, 0.25) is 0 Å². The maximum Gasteiger partial charge on any atom is 0.0657 e. The van der Waals surface area contributed by atoms with Crippen molar-refractivity contribution in [2.24, 2.45) is 5.92 Å². The molecule has 1 fully saturated rings. The van der Waals surface area contributed by atoms with Crippen LogP contribution in [-0.4, -0.2) is 6.54 Å². The van der Waals surface area contributed by atoms with Crippen LogP contribution in [0.15, 0.2) is 30.3 Å².